The molecule has 0 unspecified atom stereocenters. The van der Waals surface area contributed by atoms with E-state index in [0.717, 1.165) is 31.7 Å². The number of carbonyl (C=O) groups excluding carboxylic acids is 1. The number of aromatic nitrogens is 1. The first-order chi connectivity index (χ1) is 9.61. The fourth-order valence-electron chi connectivity index (χ4n) is 3.00. The highest BCUT2D eigenvalue weighted by Gasteiger charge is 2.23. The number of hydrogen-bond donors (Lipinski definition) is 1. The van der Waals surface area contributed by atoms with Crippen LogP contribution in [-0.2, 0) is 24.2 Å². The standard InChI is InChI=1S/C15H24N2O2S/c1-3-5-12-6-7-13-14(10-12)20-15(19)17(13)9-4-8-16-11(2)18/h12H,3-10H2,1-2H3,(H,16,18)/t12-/m0/s1. The summed E-state index contributed by atoms with van der Waals surface area (Å²) >= 11 is 1.43. The van der Waals surface area contributed by atoms with Crippen molar-refractivity contribution in [3.8, 4) is 0 Å². The molecule has 0 aromatic carbocycles. The fourth-order valence-corrected chi connectivity index (χ4v) is 4.17. The van der Waals surface area contributed by atoms with Crippen molar-refractivity contribution < 1.29 is 4.79 Å². The van der Waals surface area contributed by atoms with Crippen LogP contribution < -0.4 is 10.2 Å². The van der Waals surface area contributed by atoms with E-state index in [-0.39, 0.29) is 10.8 Å². The molecule has 1 amide bonds. The number of amides is 1. The van der Waals surface area contributed by atoms with Crippen LogP contribution in [0, 0.1) is 5.92 Å². The van der Waals surface area contributed by atoms with Gasteiger partial charge in [0.25, 0.3) is 0 Å². The van der Waals surface area contributed by atoms with Gasteiger partial charge < -0.3 is 9.88 Å². The van der Waals surface area contributed by atoms with Gasteiger partial charge >= 0.3 is 4.87 Å². The van der Waals surface area contributed by atoms with Crippen LogP contribution in [-0.4, -0.2) is 17.0 Å². The molecule has 1 heterocycles. The molecule has 0 fully saturated rings. The Balaban J connectivity index is 1.98. The molecule has 0 aliphatic heterocycles. The zero-order chi connectivity index (χ0) is 14.5. The quantitative estimate of drug-likeness (QED) is 0.819. The molecule has 0 bridgehead atoms. The summed E-state index contributed by atoms with van der Waals surface area (Å²) < 4.78 is 1.93. The number of nitrogens with one attached hydrogen (secondary N) is 1. The summed E-state index contributed by atoms with van der Waals surface area (Å²) in [6, 6.07) is 0. The first-order valence-corrected chi connectivity index (χ1v) is 8.39. The fraction of sp³-hybridized carbons (Fsp3) is 0.733. The number of nitrogens with zero attached hydrogens (tertiary/aromatic N) is 1. The van der Waals surface area contributed by atoms with Crippen molar-refractivity contribution in [3.05, 3.63) is 20.2 Å². The van der Waals surface area contributed by atoms with E-state index in [1.54, 1.807) is 0 Å². The molecule has 1 atom stereocenters. The average Bonchev–Trinajstić information content (AvgIpc) is 2.70. The average molecular weight is 296 g/mol. The molecule has 4 nitrogen and oxygen atoms in total. The van der Waals surface area contributed by atoms with Crippen LogP contribution in [0.2, 0.25) is 0 Å². The molecule has 0 spiro atoms. The first-order valence-electron chi connectivity index (χ1n) is 7.57. The monoisotopic (exact) mass is 296 g/mol. The highest BCUT2D eigenvalue weighted by atomic mass is 32.1. The van der Waals surface area contributed by atoms with Crippen LogP contribution >= 0.6 is 11.3 Å². The summed E-state index contributed by atoms with van der Waals surface area (Å²) in [7, 11) is 0. The summed E-state index contributed by atoms with van der Waals surface area (Å²) in [5, 5.41) is 2.78. The molecule has 2 rings (SSSR count). The molecular weight excluding hydrogens is 272 g/mol. The van der Waals surface area contributed by atoms with Crippen molar-refractivity contribution in [2.45, 2.75) is 58.9 Å². The van der Waals surface area contributed by atoms with E-state index in [2.05, 4.69) is 12.2 Å². The Hall–Kier alpha value is -1.10. The van der Waals surface area contributed by atoms with Gasteiger partial charge in [0, 0.05) is 30.6 Å². The van der Waals surface area contributed by atoms with Gasteiger partial charge in [0.15, 0.2) is 0 Å². The second-order valence-corrected chi connectivity index (χ2v) is 6.67. The van der Waals surface area contributed by atoms with E-state index in [0.29, 0.717) is 6.54 Å². The second-order valence-electron chi connectivity index (χ2n) is 5.62. The Kier molecular flexibility index (Phi) is 5.40. The maximum atomic E-state index is 12.1. The molecule has 0 saturated carbocycles. The minimum absolute atomic E-state index is 0.00731. The second kappa shape index (κ2) is 7.07. The van der Waals surface area contributed by atoms with Crippen LogP contribution in [0.15, 0.2) is 4.79 Å². The Morgan fingerprint density at radius 1 is 1.50 bits per heavy atom. The van der Waals surface area contributed by atoms with Crippen molar-refractivity contribution in [1.29, 1.82) is 0 Å². The van der Waals surface area contributed by atoms with Crippen molar-refractivity contribution >= 4 is 17.2 Å². The third kappa shape index (κ3) is 3.72. The van der Waals surface area contributed by atoms with Crippen LogP contribution in [0.5, 0.6) is 0 Å². The van der Waals surface area contributed by atoms with Gasteiger partial charge in [-0.25, -0.2) is 0 Å². The van der Waals surface area contributed by atoms with E-state index in [1.165, 1.54) is 48.1 Å². The summed E-state index contributed by atoms with van der Waals surface area (Å²) in [4.78, 5) is 24.4. The lowest BCUT2D eigenvalue weighted by Gasteiger charge is -2.22. The predicted octanol–water partition coefficient (Wildman–Crippen LogP) is 2.34. The van der Waals surface area contributed by atoms with E-state index in [9.17, 15) is 9.59 Å². The zero-order valence-electron chi connectivity index (χ0n) is 12.4. The van der Waals surface area contributed by atoms with Gasteiger partial charge in [-0.3, -0.25) is 9.59 Å². The normalized spacial score (nSPS) is 17.8. The number of fused-ring (bicyclic) bond motifs is 1. The van der Waals surface area contributed by atoms with Gasteiger partial charge in [-0.15, -0.1) is 0 Å². The molecule has 0 saturated heterocycles. The third-order valence-corrected chi connectivity index (χ3v) is 5.02. The van der Waals surface area contributed by atoms with Crippen LogP contribution in [0.25, 0.3) is 0 Å². The van der Waals surface area contributed by atoms with E-state index < -0.39 is 0 Å². The molecule has 1 N–H and O–H groups in total. The molecule has 20 heavy (non-hydrogen) atoms. The van der Waals surface area contributed by atoms with Crippen molar-refractivity contribution in [2.24, 2.45) is 5.92 Å². The van der Waals surface area contributed by atoms with Gasteiger partial charge in [0.05, 0.1) is 0 Å². The summed E-state index contributed by atoms with van der Waals surface area (Å²) in [5.41, 5.74) is 1.26. The molecule has 1 aliphatic carbocycles. The zero-order valence-corrected chi connectivity index (χ0v) is 13.2. The Morgan fingerprint density at radius 2 is 2.30 bits per heavy atom. The van der Waals surface area contributed by atoms with Crippen molar-refractivity contribution in [2.75, 3.05) is 6.54 Å². The van der Waals surface area contributed by atoms with Crippen LogP contribution in [0.3, 0.4) is 0 Å². The number of thiazole rings is 1. The van der Waals surface area contributed by atoms with Gasteiger partial charge in [0.1, 0.15) is 0 Å². The minimum atomic E-state index is -0.00731. The Bertz CT molecular complexity index is 518. The van der Waals surface area contributed by atoms with E-state index >= 15 is 0 Å². The van der Waals surface area contributed by atoms with E-state index in [4.69, 9.17) is 0 Å². The van der Waals surface area contributed by atoms with Crippen molar-refractivity contribution in [3.63, 3.8) is 0 Å². The molecule has 1 aromatic rings. The van der Waals surface area contributed by atoms with Gasteiger partial charge in [0.2, 0.25) is 5.91 Å². The summed E-state index contributed by atoms with van der Waals surface area (Å²) in [5.74, 6) is 0.755. The Labute approximate surface area is 124 Å². The lowest BCUT2D eigenvalue weighted by atomic mass is 9.88. The lowest BCUT2D eigenvalue weighted by Crippen LogP contribution is -2.25. The number of carbonyl (C=O) groups is 1. The first kappa shape index (κ1) is 15.3. The lowest BCUT2D eigenvalue weighted by molar-refractivity contribution is -0.118. The van der Waals surface area contributed by atoms with Gasteiger partial charge in [-0.05, 0) is 31.6 Å². The SMILES string of the molecule is CCC[C@H]1CCc2c(sc(=O)n2CCCNC(C)=O)C1. The highest BCUT2D eigenvalue weighted by Crippen LogP contribution is 2.30. The minimum Gasteiger partial charge on any atom is -0.356 e. The van der Waals surface area contributed by atoms with Crippen molar-refractivity contribution in [1.82, 2.24) is 9.88 Å². The predicted molar refractivity (Wildman–Crippen MR) is 82.3 cm³/mol. The maximum absolute atomic E-state index is 12.1. The molecule has 0 radical (unpaired) electrons. The van der Waals surface area contributed by atoms with E-state index in [1.807, 2.05) is 4.57 Å². The third-order valence-electron chi connectivity index (χ3n) is 3.97. The molecule has 1 aliphatic rings. The smallest absolute Gasteiger partial charge is 0.307 e. The molecular formula is C15H24N2O2S. The number of hydrogen-bond acceptors (Lipinski definition) is 3. The topological polar surface area (TPSA) is 51.1 Å². The summed E-state index contributed by atoms with van der Waals surface area (Å²) in [6.07, 6.45) is 6.66. The maximum Gasteiger partial charge on any atom is 0.307 e. The van der Waals surface area contributed by atoms with Crippen LogP contribution in [0.1, 0.15) is 50.1 Å². The molecule has 5 heteroatoms. The Morgan fingerprint density at radius 3 is 3.00 bits per heavy atom. The van der Waals surface area contributed by atoms with Crippen LogP contribution in [0.4, 0.5) is 0 Å². The largest absolute Gasteiger partial charge is 0.356 e. The van der Waals surface area contributed by atoms with Gasteiger partial charge in [-0.2, -0.15) is 0 Å². The molecule has 112 valence electrons. The number of rotatable bonds is 6. The highest BCUT2D eigenvalue weighted by molar-refractivity contribution is 7.09. The molecule has 1 aromatic heterocycles. The van der Waals surface area contributed by atoms with Gasteiger partial charge in [-0.1, -0.05) is 31.1 Å². The summed E-state index contributed by atoms with van der Waals surface area (Å²) in [6.45, 7) is 5.12.